The smallest absolute Gasteiger partial charge is 0.254 e. The number of fused-ring (bicyclic) bond motifs is 1. The van der Waals surface area contributed by atoms with Gasteiger partial charge in [0, 0.05) is 43.2 Å². The molecular formula is C21H22N4O. The lowest BCUT2D eigenvalue weighted by Crippen LogP contribution is -2.35. The van der Waals surface area contributed by atoms with E-state index < -0.39 is 0 Å². The molecule has 0 bridgehead atoms. The van der Waals surface area contributed by atoms with Crippen LogP contribution in [0.25, 0.3) is 11.4 Å². The summed E-state index contributed by atoms with van der Waals surface area (Å²) in [6.07, 6.45) is 4.16. The fraction of sp³-hybridized carbons (Fsp3) is 0.286. The molecule has 2 aromatic heterocycles. The van der Waals surface area contributed by atoms with Gasteiger partial charge in [0.1, 0.15) is 5.82 Å². The van der Waals surface area contributed by atoms with Crippen LogP contribution in [0.1, 0.15) is 27.9 Å². The van der Waals surface area contributed by atoms with E-state index in [1.165, 1.54) is 16.7 Å². The zero-order chi connectivity index (χ0) is 18.1. The molecule has 1 aromatic carbocycles. The molecule has 0 atom stereocenters. The molecule has 0 fully saturated rings. The highest BCUT2D eigenvalue weighted by Gasteiger charge is 2.22. The number of rotatable bonds is 3. The van der Waals surface area contributed by atoms with Crippen LogP contribution in [-0.2, 0) is 19.5 Å². The van der Waals surface area contributed by atoms with Crippen molar-refractivity contribution < 1.29 is 0 Å². The van der Waals surface area contributed by atoms with Gasteiger partial charge < -0.3 is 4.98 Å². The number of aryl methyl sites for hydroxylation is 1. The standard InChI is InChI=1S/C21H22N4O/c1-14-4-3-5-17(15(14)2)12-25-11-8-18-19(13-25)23-20(24-21(18)26)16-6-9-22-10-7-16/h3-7,9-10H,8,11-13H2,1-2H3,(H,23,24,26). The summed E-state index contributed by atoms with van der Waals surface area (Å²) in [7, 11) is 0. The van der Waals surface area contributed by atoms with Crippen molar-refractivity contribution in [2.24, 2.45) is 0 Å². The molecule has 1 aliphatic rings. The Morgan fingerprint density at radius 3 is 2.77 bits per heavy atom. The lowest BCUT2D eigenvalue weighted by Gasteiger charge is -2.28. The van der Waals surface area contributed by atoms with E-state index in [-0.39, 0.29) is 5.56 Å². The topological polar surface area (TPSA) is 61.9 Å². The lowest BCUT2D eigenvalue weighted by atomic mass is 10.0. The van der Waals surface area contributed by atoms with Crippen LogP contribution in [0.15, 0.2) is 47.5 Å². The summed E-state index contributed by atoms with van der Waals surface area (Å²) in [6, 6.07) is 10.2. The summed E-state index contributed by atoms with van der Waals surface area (Å²) in [6.45, 7) is 6.77. The highest BCUT2D eigenvalue weighted by Crippen LogP contribution is 2.21. The van der Waals surface area contributed by atoms with E-state index in [9.17, 15) is 4.79 Å². The number of hydrogen-bond donors (Lipinski definition) is 1. The van der Waals surface area contributed by atoms with Crippen LogP contribution in [-0.4, -0.2) is 26.4 Å². The molecule has 5 nitrogen and oxygen atoms in total. The zero-order valence-corrected chi connectivity index (χ0v) is 15.1. The normalized spacial score (nSPS) is 14.2. The van der Waals surface area contributed by atoms with Crippen molar-refractivity contribution in [1.29, 1.82) is 0 Å². The summed E-state index contributed by atoms with van der Waals surface area (Å²) < 4.78 is 0. The third-order valence-electron chi connectivity index (χ3n) is 5.22. The van der Waals surface area contributed by atoms with Gasteiger partial charge in [-0.25, -0.2) is 4.98 Å². The van der Waals surface area contributed by atoms with Gasteiger partial charge in [0.15, 0.2) is 0 Å². The Labute approximate surface area is 152 Å². The largest absolute Gasteiger partial charge is 0.306 e. The number of nitrogens with zero attached hydrogens (tertiary/aromatic N) is 3. The quantitative estimate of drug-likeness (QED) is 0.792. The van der Waals surface area contributed by atoms with E-state index in [0.29, 0.717) is 12.4 Å². The molecule has 26 heavy (non-hydrogen) atoms. The molecule has 0 unspecified atom stereocenters. The van der Waals surface area contributed by atoms with Gasteiger partial charge in [-0.2, -0.15) is 0 Å². The first-order chi connectivity index (χ1) is 12.6. The van der Waals surface area contributed by atoms with E-state index in [1.54, 1.807) is 12.4 Å². The molecule has 0 aliphatic carbocycles. The summed E-state index contributed by atoms with van der Waals surface area (Å²) in [5.74, 6) is 0.615. The first kappa shape index (κ1) is 16.7. The highest BCUT2D eigenvalue weighted by atomic mass is 16.1. The van der Waals surface area contributed by atoms with Gasteiger partial charge in [-0.05, 0) is 49.1 Å². The molecule has 1 N–H and O–H groups in total. The highest BCUT2D eigenvalue weighted by molar-refractivity contribution is 5.54. The SMILES string of the molecule is Cc1cccc(CN2CCc3c(nc(-c4ccncc4)[nH]c3=O)C2)c1C. The number of H-pyrrole nitrogens is 1. The van der Waals surface area contributed by atoms with E-state index in [0.717, 1.165) is 36.3 Å². The first-order valence-electron chi connectivity index (χ1n) is 8.92. The zero-order valence-electron chi connectivity index (χ0n) is 15.1. The summed E-state index contributed by atoms with van der Waals surface area (Å²) in [5.41, 5.74) is 6.56. The molecule has 4 rings (SSSR count). The molecule has 0 amide bonds. The molecule has 132 valence electrons. The number of hydrogen-bond acceptors (Lipinski definition) is 4. The number of aromatic nitrogens is 3. The van der Waals surface area contributed by atoms with Crippen LogP contribution in [0.5, 0.6) is 0 Å². The van der Waals surface area contributed by atoms with Crippen molar-refractivity contribution in [2.75, 3.05) is 6.54 Å². The monoisotopic (exact) mass is 346 g/mol. The minimum absolute atomic E-state index is 0.0202. The van der Waals surface area contributed by atoms with Crippen molar-refractivity contribution in [3.05, 3.63) is 81.0 Å². The number of pyridine rings is 1. The van der Waals surface area contributed by atoms with Crippen molar-refractivity contribution in [2.45, 2.75) is 33.4 Å². The molecule has 3 aromatic rings. The molecule has 3 heterocycles. The Bertz CT molecular complexity index is 995. The van der Waals surface area contributed by atoms with Crippen LogP contribution in [0.4, 0.5) is 0 Å². The number of benzene rings is 1. The van der Waals surface area contributed by atoms with E-state index >= 15 is 0 Å². The average molecular weight is 346 g/mol. The minimum Gasteiger partial charge on any atom is -0.306 e. The molecule has 0 radical (unpaired) electrons. The van der Waals surface area contributed by atoms with Crippen LogP contribution in [0.2, 0.25) is 0 Å². The second kappa shape index (κ2) is 6.84. The van der Waals surface area contributed by atoms with Gasteiger partial charge in [0.2, 0.25) is 0 Å². The minimum atomic E-state index is -0.0202. The predicted octanol–water partition coefficient (Wildman–Crippen LogP) is 3.01. The summed E-state index contributed by atoms with van der Waals surface area (Å²) in [4.78, 5) is 26.6. The fourth-order valence-electron chi connectivity index (χ4n) is 3.50. The molecule has 0 spiro atoms. The van der Waals surface area contributed by atoms with Gasteiger partial charge in [-0.3, -0.25) is 14.7 Å². The molecule has 0 saturated heterocycles. The Morgan fingerprint density at radius 1 is 1.15 bits per heavy atom. The van der Waals surface area contributed by atoms with E-state index in [1.807, 2.05) is 12.1 Å². The summed E-state index contributed by atoms with van der Waals surface area (Å²) >= 11 is 0. The van der Waals surface area contributed by atoms with Gasteiger partial charge in [-0.15, -0.1) is 0 Å². The lowest BCUT2D eigenvalue weighted by molar-refractivity contribution is 0.240. The third-order valence-corrected chi connectivity index (χ3v) is 5.22. The number of nitrogens with one attached hydrogen (secondary N) is 1. The third kappa shape index (κ3) is 3.18. The van der Waals surface area contributed by atoms with Crippen LogP contribution in [0, 0.1) is 13.8 Å². The second-order valence-electron chi connectivity index (χ2n) is 6.90. The van der Waals surface area contributed by atoms with Gasteiger partial charge in [0.25, 0.3) is 5.56 Å². The van der Waals surface area contributed by atoms with Crippen molar-refractivity contribution in [1.82, 2.24) is 19.9 Å². The fourth-order valence-corrected chi connectivity index (χ4v) is 3.50. The molecule has 1 aliphatic heterocycles. The van der Waals surface area contributed by atoms with Gasteiger partial charge >= 0.3 is 0 Å². The van der Waals surface area contributed by atoms with Crippen molar-refractivity contribution in [3.8, 4) is 11.4 Å². The van der Waals surface area contributed by atoms with Crippen LogP contribution < -0.4 is 5.56 Å². The van der Waals surface area contributed by atoms with Crippen molar-refractivity contribution in [3.63, 3.8) is 0 Å². The van der Waals surface area contributed by atoms with E-state index in [4.69, 9.17) is 4.98 Å². The Kier molecular flexibility index (Phi) is 4.39. The maximum absolute atomic E-state index is 12.5. The van der Waals surface area contributed by atoms with Crippen molar-refractivity contribution >= 4 is 0 Å². The predicted molar refractivity (Wildman–Crippen MR) is 102 cm³/mol. The Hall–Kier alpha value is -2.79. The summed E-state index contributed by atoms with van der Waals surface area (Å²) in [5, 5.41) is 0. The Balaban J connectivity index is 1.63. The van der Waals surface area contributed by atoms with E-state index in [2.05, 4.69) is 46.9 Å². The number of aromatic amines is 1. The van der Waals surface area contributed by atoms with Gasteiger partial charge in [-0.1, -0.05) is 18.2 Å². The molecular weight excluding hydrogens is 324 g/mol. The van der Waals surface area contributed by atoms with Crippen LogP contribution in [0.3, 0.4) is 0 Å². The van der Waals surface area contributed by atoms with Gasteiger partial charge in [0.05, 0.1) is 5.69 Å². The average Bonchev–Trinajstić information content (AvgIpc) is 2.66. The maximum Gasteiger partial charge on any atom is 0.254 e. The van der Waals surface area contributed by atoms with Crippen LogP contribution >= 0.6 is 0 Å². The molecule has 5 heteroatoms. The first-order valence-corrected chi connectivity index (χ1v) is 8.92. The molecule has 0 saturated carbocycles. The maximum atomic E-state index is 12.5. The second-order valence-corrected chi connectivity index (χ2v) is 6.90. The Morgan fingerprint density at radius 2 is 1.96 bits per heavy atom.